The highest BCUT2D eigenvalue weighted by Crippen LogP contribution is 2.18. The fourth-order valence-corrected chi connectivity index (χ4v) is 1.51. The molecule has 2 rings (SSSR count). The van der Waals surface area contributed by atoms with Crippen LogP contribution in [0.25, 0.3) is 6.08 Å². The summed E-state index contributed by atoms with van der Waals surface area (Å²) in [7, 11) is 0. The second kappa shape index (κ2) is 2.70. The molecule has 0 spiro atoms. The molecule has 1 heterocycles. The zero-order chi connectivity index (χ0) is 7.68. The first-order valence-electron chi connectivity index (χ1n) is 3.66. The van der Waals surface area contributed by atoms with Gasteiger partial charge in [0.25, 0.3) is 0 Å². The summed E-state index contributed by atoms with van der Waals surface area (Å²) in [6.07, 6.45) is 6.98. The molecule has 1 unspecified atom stereocenters. The highest BCUT2D eigenvalue weighted by atomic mass is 32.1. The van der Waals surface area contributed by atoms with Crippen LogP contribution >= 0.6 is 12.6 Å². The van der Waals surface area contributed by atoms with Gasteiger partial charge in [-0.25, -0.2) is 0 Å². The number of hydrogen-bond acceptors (Lipinski definition) is 2. The van der Waals surface area contributed by atoms with Crippen LogP contribution in [-0.2, 0) is 6.42 Å². The Morgan fingerprint density at radius 1 is 1.55 bits per heavy atom. The third-order valence-corrected chi connectivity index (χ3v) is 2.18. The molecule has 0 fully saturated rings. The van der Waals surface area contributed by atoms with Gasteiger partial charge in [0.15, 0.2) is 0 Å². The normalized spacial score (nSPS) is 21.4. The molecule has 0 saturated heterocycles. The van der Waals surface area contributed by atoms with Crippen LogP contribution in [0.3, 0.4) is 0 Å². The van der Waals surface area contributed by atoms with Crippen LogP contribution in [0.4, 0.5) is 0 Å². The number of hydrogen-bond donors (Lipinski definition) is 1. The van der Waals surface area contributed by atoms with E-state index in [0.29, 0.717) is 5.25 Å². The molecule has 56 valence electrons. The van der Waals surface area contributed by atoms with Crippen molar-refractivity contribution in [3.63, 3.8) is 0 Å². The van der Waals surface area contributed by atoms with Crippen molar-refractivity contribution in [3.05, 3.63) is 35.7 Å². The molecule has 0 aromatic carbocycles. The molecule has 0 bridgehead atoms. The first-order valence-corrected chi connectivity index (χ1v) is 4.18. The van der Waals surface area contributed by atoms with Crippen molar-refractivity contribution in [3.8, 4) is 0 Å². The maximum atomic E-state index is 4.36. The number of aromatic nitrogens is 1. The summed E-state index contributed by atoms with van der Waals surface area (Å²) in [6.45, 7) is 0. The lowest BCUT2D eigenvalue weighted by molar-refractivity contribution is 0.946. The number of rotatable bonds is 0. The lowest BCUT2D eigenvalue weighted by Gasteiger charge is -2.12. The Balaban J connectivity index is 2.46. The number of fused-ring (bicyclic) bond motifs is 1. The van der Waals surface area contributed by atoms with Crippen molar-refractivity contribution in [2.24, 2.45) is 0 Å². The molecule has 1 atom stereocenters. The molecule has 11 heavy (non-hydrogen) atoms. The molecular weight excluding hydrogens is 154 g/mol. The molecule has 1 aliphatic carbocycles. The zero-order valence-electron chi connectivity index (χ0n) is 6.07. The molecule has 1 nitrogen and oxygen atoms in total. The summed E-state index contributed by atoms with van der Waals surface area (Å²) in [6, 6.07) is 4.04. The SMILES string of the molecule is SC1C=Cc2cccnc2C1. The molecule has 0 N–H and O–H groups in total. The number of thiol groups is 1. The molecule has 0 radical (unpaired) electrons. The van der Waals surface area contributed by atoms with Crippen molar-refractivity contribution >= 4 is 18.7 Å². The second-order valence-corrected chi connectivity index (χ2v) is 3.33. The van der Waals surface area contributed by atoms with Crippen molar-refractivity contribution in [2.45, 2.75) is 11.7 Å². The smallest absolute Gasteiger partial charge is 0.0489 e. The molecule has 2 heteroatoms. The molecule has 0 saturated carbocycles. The predicted molar refractivity (Wildman–Crippen MR) is 49.7 cm³/mol. The second-order valence-electron chi connectivity index (χ2n) is 2.67. The zero-order valence-corrected chi connectivity index (χ0v) is 6.96. The molecule has 1 aromatic rings. The molecule has 1 aromatic heterocycles. The third kappa shape index (κ3) is 1.31. The van der Waals surface area contributed by atoms with E-state index in [0.717, 1.165) is 12.1 Å². The summed E-state index contributed by atoms with van der Waals surface area (Å²) >= 11 is 4.36. The van der Waals surface area contributed by atoms with Crippen molar-refractivity contribution in [2.75, 3.05) is 0 Å². The van der Waals surface area contributed by atoms with Crippen LogP contribution in [0.2, 0.25) is 0 Å². The van der Waals surface area contributed by atoms with E-state index in [-0.39, 0.29) is 0 Å². The van der Waals surface area contributed by atoms with Gasteiger partial charge in [-0.05, 0) is 11.6 Å². The lowest BCUT2D eigenvalue weighted by Crippen LogP contribution is -2.07. The summed E-state index contributed by atoms with van der Waals surface area (Å²) in [5.41, 5.74) is 2.40. The van der Waals surface area contributed by atoms with Gasteiger partial charge < -0.3 is 0 Å². The van der Waals surface area contributed by atoms with Gasteiger partial charge in [-0.2, -0.15) is 12.6 Å². The largest absolute Gasteiger partial charge is 0.261 e. The highest BCUT2D eigenvalue weighted by molar-refractivity contribution is 7.81. The summed E-state index contributed by atoms with van der Waals surface area (Å²) in [5, 5.41) is 0.345. The van der Waals surface area contributed by atoms with E-state index in [1.54, 1.807) is 0 Å². The quantitative estimate of drug-likeness (QED) is 0.577. The minimum Gasteiger partial charge on any atom is -0.261 e. The maximum absolute atomic E-state index is 4.36. The fraction of sp³-hybridized carbons (Fsp3) is 0.222. The molecular formula is C9H9NS. The average molecular weight is 163 g/mol. The van der Waals surface area contributed by atoms with Gasteiger partial charge in [-0.15, -0.1) is 0 Å². The van der Waals surface area contributed by atoms with Gasteiger partial charge >= 0.3 is 0 Å². The number of pyridine rings is 1. The van der Waals surface area contributed by atoms with E-state index in [1.807, 2.05) is 12.3 Å². The Morgan fingerprint density at radius 3 is 3.36 bits per heavy atom. The van der Waals surface area contributed by atoms with E-state index in [2.05, 4.69) is 35.8 Å². The minimum atomic E-state index is 0.345. The average Bonchev–Trinajstić information content (AvgIpc) is 2.04. The Kier molecular flexibility index (Phi) is 1.70. The van der Waals surface area contributed by atoms with Gasteiger partial charge in [0, 0.05) is 23.6 Å². The van der Waals surface area contributed by atoms with Crippen molar-refractivity contribution in [1.29, 1.82) is 0 Å². The standard InChI is InChI=1S/C9H9NS/c11-8-4-3-7-2-1-5-10-9(7)6-8/h1-5,8,11H,6H2. The monoisotopic (exact) mass is 163 g/mol. The van der Waals surface area contributed by atoms with Crippen LogP contribution in [0.5, 0.6) is 0 Å². The molecule has 0 aliphatic heterocycles. The van der Waals surface area contributed by atoms with E-state index >= 15 is 0 Å². The highest BCUT2D eigenvalue weighted by Gasteiger charge is 2.09. The first-order chi connectivity index (χ1) is 5.36. The van der Waals surface area contributed by atoms with Crippen molar-refractivity contribution in [1.82, 2.24) is 4.98 Å². The Morgan fingerprint density at radius 2 is 2.45 bits per heavy atom. The lowest BCUT2D eigenvalue weighted by atomic mass is 10.0. The van der Waals surface area contributed by atoms with Crippen LogP contribution in [0.1, 0.15) is 11.3 Å². The van der Waals surface area contributed by atoms with Crippen LogP contribution in [0, 0.1) is 0 Å². The van der Waals surface area contributed by atoms with Crippen LogP contribution in [-0.4, -0.2) is 10.2 Å². The number of nitrogens with zero attached hydrogens (tertiary/aromatic N) is 1. The van der Waals surface area contributed by atoms with Crippen molar-refractivity contribution < 1.29 is 0 Å². The molecule has 0 amide bonds. The Hall–Kier alpha value is -0.760. The van der Waals surface area contributed by atoms with Gasteiger partial charge in [-0.1, -0.05) is 18.2 Å². The fourth-order valence-electron chi connectivity index (χ4n) is 1.25. The molecule has 1 aliphatic rings. The maximum Gasteiger partial charge on any atom is 0.0489 e. The third-order valence-electron chi connectivity index (χ3n) is 1.83. The van der Waals surface area contributed by atoms with E-state index < -0.39 is 0 Å². The summed E-state index contributed by atoms with van der Waals surface area (Å²) < 4.78 is 0. The van der Waals surface area contributed by atoms with E-state index in [4.69, 9.17) is 0 Å². The minimum absolute atomic E-state index is 0.345. The topological polar surface area (TPSA) is 12.9 Å². The van der Waals surface area contributed by atoms with Gasteiger partial charge in [-0.3, -0.25) is 4.98 Å². The van der Waals surface area contributed by atoms with E-state index in [9.17, 15) is 0 Å². The summed E-state index contributed by atoms with van der Waals surface area (Å²) in [5.74, 6) is 0. The van der Waals surface area contributed by atoms with Gasteiger partial charge in [0.05, 0.1) is 0 Å². The van der Waals surface area contributed by atoms with Crippen LogP contribution < -0.4 is 0 Å². The van der Waals surface area contributed by atoms with Gasteiger partial charge in [0.2, 0.25) is 0 Å². The Bertz CT molecular complexity index is 293. The predicted octanol–water partition coefficient (Wildman–Crippen LogP) is 1.95. The van der Waals surface area contributed by atoms with Crippen LogP contribution in [0.15, 0.2) is 24.4 Å². The van der Waals surface area contributed by atoms with E-state index in [1.165, 1.54) is 5.56 Å². The summed E-state index contributed by atoms with van der Waals surface area (Å²) in [4.78, 5) is 4.27. The first kappa shape index (κ1) is 6.92. The van der Waals surface area contributed by atoms with Gasteiger partial charge in [0.1, 0.15) is 0 Å². The Labute approximate surface area is 71.6 Å².